The zero-order chi connectivity index (χ0) is 17.0. The molecular weight excluding hydrogens is 292 g/mol. The normalized spacial score (nSPS) is 10.2. The smallest absolute Gasteiger partial charge is 0.252 e. The van der Waals surface area contributed by atoms with Gasteiger partial charge in [0.25, 0.3) is 5.91 Å². The van der Waals surface area contributed by atoms with Gasteiger partial charge >= 0.3 is 0 Å². The second-order valence-electron chi connectivity index (χ2n) is 5.28. The Bertz CT molecular complexity index is 782. The van der Waals surface area contributed by atoms with Crippen molar-refractivity contribution in [3.8, 4) is 0 Å². The molecule has 0 aliphatic heterocycles. The Morgan fingerprint density at radius 1 is 0.913 bits per heavy atom. The number of Topliss-reactive ketones (excluding diaryl/α,β-unsaturated/α-hetero) is 2. The molecule has 1 aromatic heterocycles. The zero-order valence-electron chi connectivity index (χ0n) is 13.3. The summed E-state index contributed by atoms with van der Waals surface area (Å²) in [5.74, 6) is -0.526. The maximum absolute atomic E-state index is 12.3. The summed E-state index contributed by atoms with van der Waals surface area (Å²) in [5, 5.41) is 2.75. The van der Waals surface area contributed by atoms with Gasteiger partial charge in [-0.05, 0) is 39.0 Å². The predicted molar refractivity (Wildman–Crippen MR) is 86.6 cm³/mol. The van der Waals surface area contributed by atoms with E-state index in [4.69, 9.17) is 0 Å². The maximum atomic E-state index is 12.3. The molecule has 1 aromatic carbocycles. The first kappa shape index (κ1) is 16.5. The summed E-state index contributed by atoms with van der Waals surface area (Å²) >= 11 is 0. The van der Waals surface area contributed by atoms with Gasteiger partial charge in [-0.3, -0.25) is 19.4 Å². The summed E-state index contributed by atoms with van der Waals surface area (Å²) in [4.78, 5) is 39.5. The van der Waals surface area contributed by atoms with Crippen LogP contribution in [0.2, 0.25) is 0 Å². The Hall–Kier alpha value is -2.82. The molecule has 0 spiro atoms. The maximum Gasteiger partial charge on any atom is 0.252 e. The molecule has 0 unspecified atom stereocenters. The number of amides is 1. The van der Waals surface area contributed by atoms with E-state index in [0.29, 0.717) is 28.1 Å². The molecule has 1 amide bonds. The number of hydrogen-bond acceptors (Lipinski definition) is 4. The molecule has 0 radical (unpaired) electrons. The molecule has 1 N–H and O–H groups in total. The van der Waals surface area contributed by atoms with Gasteiger partial charge in [0, 0.05) is 16.8 Å². The van der Waals surface area contributed by atoms with Gasteiger partial charge < -0.3 is 5.32 Å². The van der Waals surface area contributed by atoms with Crippen molar-refractivity contribution in [1.29, 1.82) is 0 Å². The third kappa shape index (κ3) is 3.88. The van der Waals surface area contributed by atoms with Gasteiger partial charge in [0.1, 0.15) is 0 Å². The zero-order valence-corrected chi connectivity index (χ0v) is 13.3. The number of nitrogens with zero attached hydrogens (tertiary/aromatic N) is 1. The summed E-state index contributed by atoms with van der Waals surface area (Å²) < 4.78 is 0. The summed E-state index contributed by atoms with van der Waals surface area (Å²) in [7, 11) is 0. The number of ketones is 2. The minimum atomic E-state index is -0.328. The van der Waals surface area contributed by atoms with Crippen molar-refractivity contribution in [2.24, 2.45) is 0 Å². The van der Waals surface area contributed by atoms with Crippen LogP contribution in [0, 0.1) is 6.92 Å². The van der Waals surface area contributed by atoms with Gasteiger partial charge in [-0.1, -0.05) is 18.2 Å². The Kier molecular flexibility index (Phi) is 5.01. The molecular formula is C18H18N2O3. The Morgan fingerprint density at radius 2 is 1.52 bits per heavy atom. The van der Waals surface area contributed by atoms with Crippen LogP contribution in [-0.4, -0.2) is 22.5 Å². The second kappa shape index (κ2) is 6.96. The number of carbonyl (C=O) groups is 3. The lowest BCUT2D eigenvalue weighted by Crippen LogP contribution is -2.25. The number of rotatable bonds is 5. The SMILES string of the molecule is CC(=O)c1ccccc1C(=O)NCc1ccc(C(C)=O)c(C)n1. The van der Waals surface area contributed by atoms with Crippen molar-refractivity contribution in [2.45, 2.75) is 27.3 Å². The van der Waals surface area contributed by atoms with Crippen molar-refractivity contribution in [3.05, 3.63) is 64.5 Å². The van der Waals surface area contributed by atoms with Crippen LogP contribution < -0.4 is 5.32 Å². The Labute approximate surface area is 134 Å². The van der Waals surface area contributed by atoms with E-state index in [2.05, 4.69) is 10.3 Å². The molecule has 5 heteroatoms. The molecule has 1 heterocycles. The summed E-state index contributed by atoms with van der Waals surface area (Å²) in [6, 6.07) is 10.1. The summed E-state index contributed by atoms with van der Waals surface area (Å²) in [5.41, 5.74) is 2.59. The van der Waals surface area contributed by atoms with E-state index in [1.807, 2.05) is 0 Å². The van der Waals surface area contributed by atoms with Crippen LogP contribution in [0.1, 0.15) is 56.3 Å². The lowest BCUT2D eigenvalue weighted by molar-refractivity contribution is 0.0935. The monoisotopic (exact) mass is 310 g/mol. The van der Waals surface area contributed by atoms with Gasteiger partial charge in [-0.2, -0.15) is 0 Å². The number of carbonyl (C=O) groups excluding carboxylic acids is 3. The van der Waals surface area contributed by atoms with Crippen molar-refractivity contribution in [3.63, 3.8) is 0 Å². The fraction of sp³-hybridized carbons (Fsp3) is 0.222. The fourth-order valence-corrected chi connectivity index (χ4v) is 2.34. The largest absolute Gasteiger partial charge is 0.346 e. The number of aryl methyl sites for hydroxylation is 1. The molecule has 2 aromatic rings. The van der Waals surface area contributed by atoms with Gasteiger partial charge in [-0.15, -0.1) is 0 Å². The van der Waals surface area contributed by atoms with Crippen LogP contribution in [0.4, 0.5) is 0 Å². The van der Waals surface area contributed by atoms with Crippen LogP contribution in [0.5, 0.6) is 0 Å². The lowest BCUT2D eigenvalue weighted by atomic mass is 10.0. The molecule has 0 saturated carbocycles. The van der Waals surface area contributed by atoms with E-state index >= 15 is 0 Å². The summed E-state index contributed by atoms with van der Waals surface area (Å²) in [6.45, 7) is 4.90. The fourth-order valence-electron chi connectivity index (χ4n) is 2.34. The molecule has 118 valence electrons. The molecule has 0 fully saturated rings. The minimum absolute atomic E-state index is 0.0408. The second-order valence-corrected chi connectivity index (χ2v) is 5.28. The highest BCUT2D eigenvalue weighted by Crippen LogP contribution is 2.11. The third-order valence-corrected chi connectivity index (χ3v) is 3.50. The number of aromatic nitrogens is 1. The average Bonchev–Trinajstić information content (AvgIpc) is 2.52. The van der Waals surface area contributed by atoms with Crippen molar-refractivity contribution in [1.82, 2.24) is 10.3 Å². The average molecular weight is 310 g/mol. The highest BCUT2D eigenvalue weighted by Gasteiger charge is 2.14. The topological polar surface area (TPSA) is 76.1 Å². The minimum Gasteiger partial charge on any atom is -0.346 e. The molecule has 2 rings (SSSR count). The van der Waals surface area contributed by atoms with Crippen LogP contribution in [0.3, 0.4) is 0 Å². The molecule has 5 nitrogen and oxygen atoms in total. The number of benzene rings is 1. The first-order chi connectivity index (χ1) is 10.9. The van der Waals surface area contributed by atoms with Crippen LogP contribution in [0.25, 0.3) is 0 Å². The lowest BCUT2D eigenvalue weighted by Gasteiger charge is -2.09. The summed E-state index contributed by atoms with van der Waals surface area (Å²) in [6.07, 6.45) is 0. The number of pyridine rings is 1. The van der Waals surface area contributed by atoms with E-state index in [1.165, 1.54) is 13.8 Å². The van der Waals surface area contributed by atoms with Gasteiger partial charge in [0.15, 0.2) is 11.6 Å². The van der Waals surface area contributed by atoms with Crippen LogP contribution in [0.15, 0.2) is 36.4 Å². The first-order valence-electron chi connectivity index (χ1n) is 7.25. The van der Waals surface area contributed by atoms with E-state index in [1.54, 1.807) is 43.3 Å². The highest BCUT2D eigenvalue weighted by molar-refractivity contribution is 6.07. The van der Waals surface area contributed by atoms with Crippen molar-refractivity contribution in [2.75, 3.05) is 0 Å². The van der Waals surface area contributed by atoms with Crippen LogP contribution in [-0.2, 0) is 6.54 Å². The van der Waals surface area contributed by atoms with Crippen molar-refractivity contribution < 1.29 is 14.4 Å². The van der Waals surface area contributed by atoms with E-state index in [-0.39, 0.29) is 24.0 Å². The molecule has 0 bridgehead atoms. The molecule has 23 heavy (non-hydrogen) atoms. The van der Waals surface area contributed by atoms with Gasteiger partial charge in [-0.25, -0.2) is 0 Å². The van der Waals surface area contributed by atoms with Crippen LogP contribution >= 0.6 is 0 Å². The third-order valence-electron chi connectivity index (χ3n) is 3.50. The number of nitrogens with one attached hydrogen (secondary N) is 1. The van der Waals surface area contributed by atoms with Gasteiger partial charge in [0.05, 0.1) is 17.8 Å². The molecule has 0 atom stereocenters. The standard InChI is InChI=1S/C18H18N2O3/c1-11-15(12(2)21)9-8-14(20-11)10-19-18(23)17-7-5-4-6-16(17)13(3)22/h4-9H,10H2,1-3H3,(H,19,23). The first-order valence-corrected chi connectivity index (χ1v) is 7.25. The Balaban J connectivity index is 2.12. The predicted octanol–water partition coefficient (Wildman–Crippen LogP) is 2.73. The molecule has 0 aliphatic carbocycles. The van der Waals surface area contributed by atoms with Crippen molar-refractivity contribution >= 4 is 17.5 Å². The quantitative estimate of drug-likeness (QED) is 0.862. The molecule has 0 saturated heterocycles. The van der Waals surface area contributed by atoms with E-state index in [9.17, 15) is 14.4 Å². The van der Waals surface area contributed by atoms with E-state index in [0.717, 1.165) is 0 Å². The molecule has 0 aliphatic rings. The highest BCUT2D eigenvalue weighted by atomic mass is 16.2. The van der Waals surface area contributed by atoms with E-state index < -0.39 is 0 Å². The Morgan fingerprint density at radius 3 is 2.09 bits per heavy atom. The number of hydrogen-bond donors (Lipinski definition) is 1. The van der Waals surface area contributed by atoms with Gasteiger partial charge in [0.2, 0.25) is 0 Å².